The lowest BCUT2D eigenvalue weighted by Gasteiger charge is -2.47. The Bertz CT molecular complexity index is 324. The van der Waals surface area contributed by atoms with E-state index in [0.29, 0.717) is 10.8 Å². The zero-order valence-electron chi connectivity index (χ0n) is 18.0. The molecule has 140 valence electrons. The molecule has 0 aromatic rings. The van der Waals surface area contributed by atoms with Crippen LogP contribution >= 0.6 is 0 Å². The fraction of sp³-hybridized carbons (Fsp3) is 1.00. The first-order valence-corrected chi connectivity index (χ1v) is 9.39. The number of likely N-dealkylation sites (tertiary alicyclic amines) is 1. The van der Waals surface area contributed by atoms with Gasteiger partial charge < -0.3 is 5.11 Å². The van der Waals surface area contributed by atoms with E-state index in [-0.39, 0.29) is 5.54 Å². The van der Waals surface area contributed by atoms with Gasteiger partial charge in [0.25, 0.3) is 0 Å². The summed E-state index contributed by atoms with van der Waals surface area (Å²) in [6.07, 6.45) is 3.41. The highest BCUT2D eigenvalue weighted by Crippen LogP contribution is 2.37. The molecule has 2 nitrogen and oxygen atoms in total. The molecular weight excluding hydrogens is 282 g/mol. The zero-order chi connectivity index (χ0) is 18.7. The first-order valence-electron chi connectivity index (χ1n) is 9.39. The van der Waals surface area contributed by atoms with Gasteiger partial charge in [0.05, 0.1) is 5.60 Å². The summed E-state index contributed by atoms with van der Waals surface area (Å²) in [7, 11) is 0. The molecule has 0 saturated carbocycles. The van der Waals surface area contributed by atoms with Crippen LogP contribution in [0.4, 0.5) is 0 Å². The van der Waals surface area contributed by atoms with Crippen molar-refractivity contribution in [3.05, 3.63) is 0 Å². The van der Waals surface area contributed by atoms with Gasteiger partial charge in [-0.05, 0) is 76.8 Å². The Morgan fingerprint density at radius 2 is 1.13 bits per heavy atom. The maximum absolute atomic E-state index is 10.0. The molecule has 0 bridgehead atoms. The Morgan fingerprint density at radius 3 is 1.39 bits per heavy atom. The van der Waals surface area contributed by atoms with Crippen molar-refractivity contribution >= 4 is 0 Å². The molecule has 0 aromatic carbocycles. The Kier molecular flexibility index (Phi) is 7.84. The minimum absolute atomic E-state index is 0.0983. The van der Waals surface area contributed by atoms with Crippen LogP contribution in [0.5, 0.6) is 0 Å². The van der Waals surface area contributed by atoms with Crippen molar-refractivity contribution in [2.45, 2.75) is 107 Å². The van der Waals surface area contributed by atoms with Crippen LogP contribution in [0.1, 0.15) is 95.4 Å². The van der Waals surface area contributed by atoms with Crippen molar-refractivity contribution in [3.8, 4) is 0 Å². The van der Waals surface area contributed by atoms with Crippen LogP contribution < -0.4 is 0 Å². The van der Waals surface area contributed by atoms with E-state index < -0.39 is 5.60 Å². The molecule has 1 saturated heterocycles. The molecule has 0 unspecified atom stereocenters. The summed E-state index contributed by atoms with van der Waals surface area (Å²) in [6, 6.07) is 0. The second kappa shape index (κ2) is 7.87. The molecular formula is C21H45NO. The Labute approximate surface area is 147 Å². The summed E-state index contributed by atoms with van der Waals surface area (Å²) in [5, 5.41) is 10.0. The third-order valence-electron chi connectivity index (χ3n) is 4.44. The van der Waals surface area contributed by atoms with E-state index in [2.05, 4.69) is 67.2 Å². The van der Waals surface area contributed by atoms with Crippen molar-refractivity contribution in [2.24, 2.45) is 16.7 Å². The van der Waals surface area contributed by atoms with Crippen LogP contribution in [0.3, 0.4) is 0 Å². The van der Waals surface area contributed by atoms with Gasteiger partial charge in [-0.3, -0.25) is 4.90 Å². The van der Waals surface area contributed by atoms with E-state index in [1.807, 2.05) is 13.8 Å². The lowest BCUT2D eigenvalue weighted by molar-refractivity contribution is -0.0195. The SMILES string of the molecule is CC(C)(C)C.CC(C)(O)CC(C)(C)N1CCC(C(C)(C)C)CC1. The highest BCUT2D eigenvalue weighted by molar-refractivity contribution is 4.91. The number of hydrogen-bond acceptors (Lipinski definition) is 2. The maximum Gasteiger partial charge on any atom is 0.0609 e. The molecule has 0 radical (unpaired) electrons. The van der Waals surface area contributed by atoms with E-state index in [0.717, 1.165) is 12.3 Å². The molecule has 0 atom stereocenters. The van der Waals surface area contributed by atoms with E-state index in [1.54, 1.807) is 0 Å². The highest BCUT2D eigenvalue weighted by atomic mass is 16.3. The smallest absolute Gasteiger partial charge is 0.0609 e. The average molecular weight is 328 g/mol. The standard InChI is InChI=1S/C16H33NO.C5H12/c1-14(2,3)13-8-10-17(11-9-13)15(4,5)12-16(6,7)18;1-5(2,3)4/h13,18H,8-12H2,1-7H3;1-4H3. The average Bonchev–Trinajstić information content (AvgIpc) is 2.22. The van der Waals surface area contributed by atoms with Gasteiger partial charge in [0, 0.05) is 5.54 Å². The topological polar surface area (TPSA) is 23.5 Å². The molecule has 0 aliphatic carbocycles. The summed E-state index contributed by atoms with van der Waals surface area (Å²) < 4.78 is 0. The predicted octanol–water partition coefficient (Wildman–Crippen LogP) is 5.74. The minimum atomic E-state index is -0.579. The molecule has 1 heterocycles. The molecule has 1 N–H and O–H groups in total. The second-order valence-electron chi connectivity index (χ2n) is 11.4. The number of nitrogens with zero attached hydrogens (tertiary/aromatic N) is 1. The van der Waals surface area contributed by atoms with Gasteiger partial charge in [0.1, 0.15) is 0 Å². The summed E-state index contributed by atoms with van der Waals surface area (Å²) in [6.45, 7) is 26.5. The zero-order valence-corrected chi connectivity index (χ0v) is 18.0. The summed E-state index contributed by atoms with van der Waals surface area (Å²) in [4.78, 5) is 2.56. The van der Waals surface area contributed by atoms with Crippen LogP contribution in [-0.2, 0) is 0 Å². The van der Waals surface area contributed by atoms with E-state index in [1.165, 1.54) is 25.9 Å². The number of rotatable bonds is 3. The third-order valence-corrected chi connectivity index (χ3v) is 4.44. The van der Waals surface area contributed by atoms with Gasteiger partial charge in [-0.25, -0.2) is 0 Å². The largest absolute Gasteiger partial charge is 0.390 e. The maximum atomic E-state index is 10.0. The second-order valence-corrected chi connectivity index (χ2v) is 11.4. The van der Waals surface area contributed by atoms with Crippen LogP contribution in [0.25, 0.3) is 0 Å². The molecule has 0 amide bonds. The summed E-state index contributed by atoms with van der Waals surface area (Å²) in [5.74, 6) is 0.840. The quantitative estimate of drug-likeness (QED) is 0.715. The third kappa shape index (κ3) is 11.2. The van der Waals surface area contributed by atoms with Gasteiger partial charge in [0.2, 0.25) is 0 Å². The first kappa shape index (κ1) is 22.9. The van der Waals surface area contributed by atoms with E-state index >= 15 is 0 Å². The summed E-state index contributed by atoms with van der Waals surface area (Å²) in [5.41, 5.74) is 0.456. The van der Waals surface area contributed by atoms with Crippen LogP contribution in [-0.4, -0.2) is 34.2 Å². The Hall–Kier alpha value is -0.0800. The molecule has 0 spiro atoms. The Balaban J connectivity index is 0.000000841. The predicted molar refractivity (Wildman–Crippen MR) is 104 cm³/mol. The van der Waals surface area contributed by atoms with Gasteiger partial charge in [-0.1, -0.05) is 48.5 Å². The normalized spacial score (nSPS) is 19.3. The van der Waals surface area contributed by atoms with Crippen molar-refractivity contribution in [1.29, 1.82) is 0 Å². The van der Waals surface area contributed by atoms with Gasteiger partial charge in [-0.15, -0.1) is 0 Å². The molecule has 1 rings (SSSR count). The number of piperidine rings is 1. The highest BCUT2D eigenvalue weighted by Gasteiger charge is 2.36. The number of hydrogen-bond donors (Lipinski definition) is 1. The van der Waals surface area contributed by atoms with Crippen molar-refractivity contribution in [3.63, 3.8) is 0 Å². The fourth-order valence-corrected chi connectivity index (χ4v) is 3.52. The van der Waals surface area contributed by atoms with Gasteiger partial charge >= 0.3 is 0 Å². The van der Waals surface area contributed by atoms with Gasteiger partial charge in [0.15, 0.2) is 0 Å². The van der Waals surface area contributed by atoms with Crippen LogP contribution in [0, 0.1) is 16.7 Å². The van der Waals surface area contributed by atoms with Crippen LogP contribution in [0.15, 0.2) is 0 Å². The molecule has 0 aromatic heterocycles. The van der Waals surface area contributed by atoms with E-state index in [4.69, 9.17) is 0 Å². The molecule has 1 aliphatic heterocycles. The van der Waals surface area contributed by atoms with E-state index in [9.17, 15) is 5.11 Å². The Morgan fingerprint density at radius 1 is 0.783 bits per heavy atom. The van der Waals surface area contributed by atoms with Crippen molar-refractivity contribution in [2.75, 3.05) is 13.1 Å². The lowest BCUT2D eigenvalue weighted by Crippen LogP contribution is -2.52. The molecule has 1 fully saturated rings. The first-order chi connectivity index (χ1) is 9.92. The summed E-state index contributed by atoms with van der Waals surface area (Å²) >= 11 is 0. The van der Waals surface area contributed by atoms with Gasteiger partial charge in [-0.2, -0.15) is 0 Å². The van der Waals surface area contributed by atoms with Crippen molar-refractivity contribution < 1.29 is 5.11 Å². The minimum Gasteiger partial charge on any atom is -0.390 e. The monoisotopic (exact) mass is 327 g/mol. The van der Waals surface area contributed by atoms with Crippen molar-refractivity contribution in [1.82, 2.24) is 4.90 Å². The molecule has 1 aliphatic rings. The molecule has 2 heteroatoms. The lowest BCUT2D eigenvalue weighted by atomic mass is 9.74. The molecule has 23 heavy (non-hydrogen) atoms. The van der Waals surface area contributed by atoms with Crippen LogP contribution in [0.2, 0.25) is 0 Å². The fourth-order valence-electron chi connectivity index (χ4n) is 3.52. The number of aliphatic hydroxyl groups is 1.